The number of halogens is 3. The maximum atomic E-state index is 11.8. The summed E-state index contributed by atoms with van der Waals surface area (Å²) in [5, 5.41) is 14.8. The number of carboxylic acid groups (broad SMARTS) is 1. The Morgan fingerprint density at radius 3 is 2.45 bits per heavy atom. The fraction of sp³-hybridized carbons (Fsp3) is 0.273. The van der Waals surface area contributed by atoms with Crippen LogP contribution in [0.3, 0.4) is 0 Å². The fourth-order valence-electron chi connectivity index (χ4n) is 1.39. The van der Waals surface area contributed by atoms with Crippen molar-refractivity contribution in [3.8, 4) is 0 Å². The van der Waals surface area contributed by atoms with Gasteiger partial charge in [-0.05, 0) is 73.8 Å². The van der Waals surface area contributed by atoms with Gasteiger partial charge in [0, 0.05) is 20.2 Å². The molecule has 0 spiro atoms. The number of carbonyl (C=O) groups excluding carboxylic acids is 1. The van der Waals surface area contributed by atoms with Gasteiger partial charge in [-0.15, -0.1) is 0 Å². The Bertz CT molecular complexity index is 537. The van der Waals surface area contributed by atoms with Crippen LogP contribution in [0.25, 0.3) is 0 Å². The summed E-state index contributed by atoms with van der Waals surface area (Å²) in [6.07, 6.45) is 0. The van der Waals surface area contributed by atoms with Crippen LogP contribution < -0.4 is 16.4 Å². The quantitative estimate of drug-likeness (QED) is 0.289. The molecule has 0 aliphatic rings. The molecule has 5 N–H and O–H groups in total. The average molecular weight is 615 g/mol. The van der Waals surface area contributed by atoms with Gasteiger partial charge in [0.25, 0.3) is 0 Å². The van der Waals surface area contributed by atoms with E-state index in [-0.39, 0.29) is 18.0 Å². The molecule has 0 saturated heterocycles. The monoisotopic (exact) mass is 615 g/mol. The molecule has 0 aliphatic heterocycles. The van der Waals surface area contributed by atoms with Gasteiger partial charge in [0.05, 0.1) is 21.4 Å². The van der Waals surface area contributed by atoms with Gasteiger partial charge in [0.2, 0.25) is 5.91 Å². The van der Waals surface area contributed by atoms with E-state index in [2.05, 4.69) is 33.2 Å². The number of anilines is 1. The summed E-state index contributed by atoms with van der Waals surface area (Å²) >= 11 is 5.99. The first kappa shape index (κ1) is 18.3. The van der Waals surface area contributed by atoms with Gasteiger partial charge in [-0.1, -0.05) is 0 Å². The van der Waals surface area contributed by atoms with E-state index in [4.69, 9.17) is 5.73 Å². The second kappa shape index (κ2) is 8.65. The third-order valence-corrected chi connectivity index (χ3v) is 5.04. The topological polar surface area (TPSA) is 104 Å². The van der Waals surface area contributed by atoms with E-state index in [9.17, 15) is 14.7 Å². The number of rotatable bonds is 6. The van der Waals surface area contributed by atoms with Crippen LogP contribution in [0.2, 0.25) is 0 Å². The van der Waals surface area contributed by atoms with Crippen molar-refractivity contribution in [1.82, 2.24) is 5.32 Å². The molecule has 0 atom stereocenters. The van der Waals surface area contributed by atoms with Crippen LogP contribution in [0.1, 0.15) is 10.4 Å². The third kappa shape index (κ3) is 4.92. The van der Waals surface area contributed by atoms with Gasteiger partial charge < -0.3 is 21.5 Å². The van der Waals surface area contributed by atoms with Crippen molar-refractivity contribution in [2.24, 2.45) is 5.73 Å². The minimum Gasteiger partial charge on any atom is -0.478 e. The second-order valence-electron chi connectivity index (χ2n) is 3.72. The number of carbonyl (C=O) groups is 2. The minimum absolute atomic E-state index is 0.137. The molecule has 0 radical (unpaired) electrons. The number of carboxylic acids is 1. The van der Waals surface area contributed by atoms with E-state index in [0.717, 1.165) is 3.57 Å². The van der Waals surface area contributed by atoms with E-state index in [0.29, 0.717) is 25.9 Å². The summed E-state index contributed by atoms with van der Waals surface area (Å²) in [4.78, 5) is 23.0. The Labute approximate surface area is 157 Å². The highest BCUT2D eigenvalue weighted by Crippen LogP contribution is 2.31. The summed E-state index contributed by atoms with van der Waals surface area (Å²) in [6.45, 7) is 1.14. The molecule has 1 rings (SSSR count). The van der Waals surface area contributed by atoms with Gasteiger partial charge in [0.15, 0.2) is 0 Å². The van der Waals surface area contributed by atoms with Gasteiger partial charge in [-0.3, -0.25) is 4.79 Å². The number of aromatic carboxylic acids is 1. The first-order valence-corrected chi connectivity index (χ1v) is 8.73. The predicted molar refractivity (Wildman–Crippen MR) is 102 cm³/mol. The normalized spacial score (nSPS) is 10.4. The van der Waals surface area contributed by atoms with Crippen LogP contribution in [-0.4, -0.2) is 36.6 Å². The van der Waals surface area contributed by atoms with Gasteiger partial charge in [-0.25, -0.2) is 4.79 Å². The van der Waals surface area contributed by atoms with Crippen LogP contribution in [0.4, 0.5) is 5.69 Å². The lowest BCUT2D eigenvalue weighted by molar-refractivity contribution is -0.115. The smallest absolute Gasteiger partial charge is 0.337 e. The molecule has 20 heavy (non-hydrogen) atoms. The summed E-state index contributed by atoms with van der Waals surface area (Å²) in [5.74, 6) is -1.24. The highest BCUT2D eigenvalue weighted by atomic mass is 127. The van der Waals surface area contributed by atoms with Gasteiger partial charge in [-0.2, -0.15) is 0 Å². The van der Waals surface area contributed by atoms with Crippen molar-refractivity contribution in [1.29, 1.82) is 0 Å². The van der Waals surface area contributed by atoms with Crippen molar-refractivity contribution < 1.29 is 14.7 Å². The zero-order valence-corrected chi connectivity index (χ0v) is 16.6. The number of hydrogen-bond donors (Lipinski definition) is 4. The average Bonchev–Trinajstić information content (AvgIpc) is 2.34. The summed E-state index contributed by atoms with van der Waals surface area (Å²) in [6, 6.07) is 1.73. The second-order valence-corrected chi connectivity index (χ2v) is 7.13. The molecule has 0 heterocycles. The first-order valence-electron chi connectivity index (χ1n) is 5.50. The summed E-state index contributed by atoms with van der Waals surface area (Å²) in [7, 11) is 0. The molecule has 1 aromatic carbocycles. The van der Waals surface area contributed by atoms with Crippen molar-refractivity contribution >= 4 is 85.3 Å². The third-order valence-electron chi connectivity index (χ3n) is 2.26. The lowest BCUT2D eigenvalue weighted by Gasteiger charge is -2.13. The molecule has 1 aromatic rings. The van der Waals surface area contributed by atoms with Crippen LogP contribution in [0.5, 0.6) is 0 Å². The Balaban J connectivity index is 2.98. The SMILES string of the molecule is NCCNCC(=O)Nc1c(I)cc(I)c(C(=O)O)c1I. The maximum absolute atomic E-state index is 11.8. The van der Waals surface area contributed by atoms with Crippen molar-refractivity contribution in [3.05, 3.63) is 22.3 Å². The molecule has 110 valence electrons. The molecule has 9 heteroatoms. The van der Waals surface area contributed by atoms with Crippen LogP contribution in [0, 0.1) is 10.7 Å². The largest absolute Gasteiger partial charge is 0.478 e. The Kier molecular flexibility index (Phi) is 7.92. The fourth-order valence-corrected chi connectivity index (χ4v) is 5.49. The van der Waals surface area contributed by atoms with Crippen molar-refractivity contribution in [3.63, 3.8) is 0 Å². The molecule has 0 aliphatic carbocycles. The van der Waals surface area contributed by atoms with Crippen molar-refractivity contribution in [2.45, 2.75) is 0 Å². The van der Waals surface area contributed by atoms with E-state index in [1.807, 2.05) is 45.2 Å². The molecule has 6 nitrogen and oxygen atoms in total. The van der Waals surface area contributed by atoms with Gasteiger partial charge >= 0.3 is 5.97 Å². The van der Waals surface area contributed by atoms with E-state index in [1.54, 1.807) is 6.07 Å². The van der Waals surface area contributed by atoms with E-state index in [1.165, 1.54) is 0 Å². The zero-order valence-electron chi connectivity index (χ0n) is 10.2. The first-order chi connectivity index (χ1) is 9.38. The predicted octanol–water partition coefficient (Wildman–Crippen LogP) is 1.69. The number of nitrogens with one attached hydrogen (secondary N) is 2. The van der Waals surface area contributed by atoms with Gasteiger partial charge in [0.1, 0.15) is 0 Å². The molecule has 1 amide bonds. The summed E-state index contributed by atoms with van der Waals surface area (Å²) in [5.41, 5.74) is 6.06. The zero-order chi connectivity index (χ0) is 15.3. The standard InChI is InChI=1S/C11H12I3N3O3/c12-5-3-6(13)10(9(14)8(5)11(19)20)17-7(18)4-16-2-1-15/h3,16H,1-2,4,15H2,(H,17,18)(H,19,20). The highest BCUT2D eigenvalue weighted by molar-refractivity contribution is 14.1. The molecule has 0 unspecified atom stereocenters. The van der Waals surface area contributed by atoms with Crippen LogP contribution >= 0.6 is 67.8 Å². The molecule has 0 fully saturated rings. The van der Waals surface area contributed by atoms with Crippen LogP contribution in [0.15, 0.2) is 6.07 Å². The molecular formula is C11H12I3N3O3. The van der Waals surface area contributed by atoms with Crippen LogP contribution in [-0.2, 0) is 4.79 Å². The number of hydrogen-bond acceptors (Lipinski definition) is 4. The summed E-state index contributed by atoms with van der Waals surface area (Å²) < 4.78 is 1.97. The number of benzene rings is 1. The lowest BCUT2D eigenvalue weighted by Crippen LogP contribution is -2.32. The van der Waals surface area contributed by atoms with E-state index < -0.39 is 5.97 Å². The Hall–Kier alpha value is 0.270. The van der Waals surface area contributed by atoms with E-state index >= 15 is 0 Å². The minimum atomic E-state index is -1.01. The Morgan fingerprint density at radius 2 is 1.90 bits per heavy atom. The lowest BCUT2D eigenvalue weighted by atomic mass is 10.2. The van der Waals surface area contributed by atoms with Crippen molar-refractivity contribution in [2.75, 3.05) is 25.0 Å². The molecular weight excluding hydrogens is 603 g/mol. The molecule has 0 aromatic heterocycles. The highest BCUT2D eigenvalue weighted by Gasteiger charge is 2.20. The molecule has 0 saturated carbocycles. The maximum Gasteiger partial charge on any atom is 0.337 e. The number of nitrogens with two attached hydrogens (primary N) is 1. The number of amides is 1. The molecule has 0 bridgehead atoms. The Morgan fingerprint density at radius 1 is 1.25 bits per heavy atom.